The third kappa shape index (κ3) is 5.34. The lowest BCUT2D eigenvalue weighted by molar-refractivity contribution is 0.375. The largest absolute Gasteiger partial charge is 0.372 e. The predicted molar refractivity (Wildman–Crippen MR) is 118 cm³/mol. The van der Waals surface area contributed by atoms with E-state index < -0.39 is 8.40 Å². The fourth-order valence-corrected chi connectivity index (χ4v) is 6.83. The highest BCUT2D eigenvalue weighted by Gasteiger charge is 2.42. The van der Waals surface area contributed by atoms with Crippen molar-refractivity contribution in [3.8, 4) is 22.9 Å². The van der Waals surface area contributed by atoms with Crippen molar-refractivity contribution in [2.75, 3.05) is 26.2 Å². The van der Waals surface area contributed by atoms with Crippen LogP contribution in [-0.2, 0) is 0 Å². The van der Waals surface area contributed by atoms with Crippen molar-refractivity contribution in [3.63, 3.8) is 0 Å². The maximum atomic E-state index is 3.69. The highest BCUT2D eigenvalue weighted by Crippen LogP contribution is 2.16. The molecule has 0 saturated heterocycles. The third-order valence-corrected chi connectivity index (χ3v) is 8.79. The summed E-state index contributed by atoms with van der Waals surface area (Å²) in [5.74, 6) is 6.89. The fourth-order valence-electron chi connectivity index (χ4n) is 3.27. The lowest BCUT2D eigenvalue weighted by Crippen LogP contribution is -2.64. The van der Waals surface area contributed by atoms with Crippen molar-refractivity contribution in [3.05, 3.63) is 71.8 Å². The van der Waals surface area contributed by atoms with Crippen molar-refractivity contribution in [2.45, 2.75) is 27.7 Å². The van der Waals surface area contributed by atoms with Crippen LogP contribution in [0.2, 0.25) is 0 Å². The van der Waals surface area contributed by atoms with Gasteiger partial charge in [-0.1, -0.05) is 87.0 Å². The van der Waals surface area contributed by atoms with Gasteiger partial charge in [-0.25, -0.2) is 0 Å². The number of rotatable bonds is 6. The molecule has 0 radical (unpaired) electrons. The maximum absolute atomic E-state index is 3.69. The van der Waals surface area contributed by atoms with E-state index >= 15 is 0 Å². The molecule has 0 saturated carbocycles. The average Bonchev–Trinajstić information content (AvgIpc) is 2.73. The second kappa shape index (κ2) is 10.8. The Morgan fingerprint density at radius 2 is 0.926 bits per heavy atom. The number of hydrogen-bond donors (Lipinski definition) is 0. The molecule has 0 unspecified atom stereocenters. The molecule has 3 heteroatoms. The van der Waals surface area contributed by atoms with Gasteiger partial charge in [0.15, 0.2) is 0 Å². The third-order valence-electron chi connectivity index (χ3n) is 4.75. The first-order valence-electron chi connectivity index (χ1n) is 9.86. The molecule has 0 spiro atoms. The van der Waals surface area contributed by atoms with Gasteiger partial charge in [-0.15, -0.1) is 0 Å². The van der Waals surface area contributed by atoms with Gasteiger partial charge in [0.1, 0.15) is 0 Å². The highest BCUT2D eigenvalue weighted by atomic mass is 28.3. The molecule has 27 heavy (non-hydrogen) atoms. The zero-order valence-corrected chi connectivity index (χ0v) is 18.0. The Hall–Kier alpha value is -2.30. The van der Waals surface area contributed by atoms with E-state index in [0.29, 0.717) is 0 Å². The van der Waals surface area contributed by atoms with Crippen LogP contribution < -0.4 is 0 Å². The van der Waals surface area contributed by atoms with E-state index in [9.17, 15) is 0 Å². The summed E-state index contributed by atoms with van der Waals surface area (Å²) in [6.45, 7) is 12.6. The second-order valence-electron chi connectivity index (χ2n) is 6.25. The van der Waals surface area contributed by atoms with E-state index in [1.165, 1.54) is 0 Å². The number of nitrogens with zero attached hydrogens (tertiary/aromatic N) is 2. The first kappa shape index (κ1) is 21.0. The van der Waals surface area contributed by atoms with Gasteiger partial charge in [0.2, 0.25) is 0 Å². The predicted octanol–water partition coefficient (Wildman–Crippen LogP) is 4.29. The summed E-state index contributed by atoms with van der Waals surface area (Å²) in [6.07, 6.45) is 0. The van der Waals surface area contributed by atoms with E-state index in [4.69, 9.17) is 0 Å². The van der Waals surface area contributed by atoms with Crippen LogP contribution in [0.5, 0.6) is 0 Å². The van der Waals surface area contributed by atoms with E-state index in [0.717, 1.165) is 37.3 Å². The summed E-state index contributed by atoms with van der Waals surface area (Å²) in [7, 11) is -2.48. The van der Waals surface area contributed by atoms with Crippen molar-refractivity contribution in [1.29, 1.82) is 0 Å². The highest BCUT2D eigenvalue weighted by molar-refractivity contribution is 6.89. The lowest BCUT2D eigenvalue weighted by atomic mass is 10.2. The molecule has 2 nitrogen and oxygen atoms in total. The van der Waals surface area contributed by atoms with Crippen molar-refractivity contribution < 1.29 is 0 Å². The van der Waals surface area contributed by atoms with Gasteiger partial charge in [0.05, 0.1) is 0 Å². The first-order chi connectivity index (χ1) is 13.2. The standard InChI is InChI=1S/C24H30N2Si/c1-5-25(6-2)27(26(7-3)8-4,21-19-23-15-11-9-12-16-23)22-20-24-17-13-10-14-18-24/h9-18H,5-8H2,1-4H3. The fraction of sp³-hybridized carbons (Fsp3) is 0.333. The summed E-state index contributed by atoms with van der Waals surface area (Å²) in [5.41, 5.74) is 9.48. The van der Waals surface area contributed by atoms with Crippen LogP contribution in [0.25, 0.3) is 0 Å². The molecule has 2 rings (SSSR count). The summed E-state index contributed by atoms with van der Waals surface area (Å²) >= 11 is 0. The topological polar surface area (TPSA) is 6.48 Å². The molecular formula is C24H30N2Si. The Bertz CT molecular complexity index is 730. The first-order valence-corrected chi connectivity index (χ1v) is 11.8. The van der Waals surface area contributed by atoms with E-state index in [1.54, 1.807) is 0 Å². The lowest BCUT2D eigenvalue weighted by Gasteiger charge is -2.40. The minimum absolute atomic E-state index is 0.951. The molecule has 0 bridgehead atoms. The van der Waals surface area contributed by atoms with Crippen LogP contribution in [0.1, 0.15) is 38.8 Å². The average molecular weight is 375 g/mol. The number of hydrogen-bond acceptors (Lipinski definition) is 2. The minimum Gasteiger partial charge on any atom is -0.293 e. The van der Waals surface area contributed by atoms with Crippen LogP contribution in [-0.4, -0.2) is 43.7 Å². The van der Waals surface area contributed by atoms with Crippen LogP contribution in [0, 0.1) is 22.9 Å². The smallest absolute Gasteiger partial charge is 0.293 e. The molecule has 0 aliphatic rings. The van der Waals surface area contributed by atoms with E-state index in [-0.39, 0.29) is 0 Å². The Kier molecular flexibility index (Phi) is 8.36. The van der Waals surface area contributed by atoms with Gasteiger partial charge in [-0.05, 0) is 50.4 Å². The van der Waals surface area contributed by atoms with Crippen molar-refractivity contribution in [2.24, 2.45) is 0 Å². The normalized spacial score (nSPS) is 10.9. The van der Waals surface area contributed by atoms with Crippen LogP contribution in [0.15, 0.2) is 60.7 Å². The van der Waals surface area contributed by atoms with Gasteiger partial charge >= 0.3 is 8.40 Å². The second-order valence-corrected chi connectivity index (χ2v) is 9.36. The minimum atomic E-state index is -2.48. The maximum Gasteiger partial charge on any atom is 0.372 e. The van der Waals surface area contributed by atoms with Crippen molar-refractivity contribution in [1.82, 2.24) is 9.13 Å². The van der Waals surface area contributed by atoms with Gasteiger partial charge in [-0.2, -0.15) is 0 Å². The molecule has 0 N–H and O–H groups in total. The summed E-state index contributed by atoms with van der Waals surface area (Å²) in [5, 5.41) is 0. The zero-order valence-electron chi connectivity index (χ0n) is 17.0. The molecule has 0 aromatic heterocycles. The summed E-state index contributed by atoms with van der Waals surface area (Å²) < 4.78 is 4.98. The zero-order chi connectivity index (χ0) is 19.5. The Labute approximate surface area is 166 Å². The van der Waals surface area contributed by atoms with Gasteiger partial charge in [-0.3, -0.25) is 9.13 Å². The molecule has 0 fully saturated rings. The van der Waals surface area contributed by atoms with E-state index in [1.807, 2.05) is 36.4 Å². The van der Waals surface area contributed by atoms with E-state index in [2.05, 4.69) is 84.0 Å². The molecule has 0 atom stereocenters. The Balaban J connectivity index is 2.62. The van der Waals surface area contributed by atoms with Gasteiger partial charge in [0, 0.05) is 11.1 Å². The molecule has 0 heterocycles. The van der Waals surface area contributed by atoms with Gasteiger partial charge < -0.3 is 0 Å². The summed E-state index contributed by atoms with van der Waals surface area (Å²) in [6, 6.07) is 20.5. The van der Waals surface area contributed by atoms with Crippen LogP contribution >= 0.6 is 0 Å². The van der Waals surface area contributed by atoms with Gasteiger partial charge in [0.25, 0.3) is 0 Å². The quantitative estimate of drug-likeness (QED) is 0.550. The molecule has 2 aromatic carbocycles. The monoisotopic (exact) mass is 374 g/mol. The number of benzene rings is 2. The summed E-state index contributed by atoms with van der Waals surface area (Å²) in [4.78, 5) is 0. The molecule has 0 aliphatic heterocycles. The molecule has 140 valence electrons. The Morgan fingerprint density at radius 1 is 0.593 bits per heavy atom. The van der Waals surface area contributed by atoms with Crippen molar-refractivity contribution >= 4 is 8.40 Å². The van der Waals surface area contributed by atoms with Crippen LogP contribution in [0.4, 0.5) is 0 Å². The molecule has 0 amide bonds. The Morgan fingerprint density at radius 3 is 1.22 bits per heavy atom. The molecule has 0 aliphatic carbocycles. The SMILES string of the molecule is CCN(CC)[Si](C#Cc1ccccc1)(C#Cc1ccccc1)N(CC)CC. The van der Waals surface area contributed by atoms with Crippen LogP contribution in [0.3, 0.4) is 0 Å². The molecule has 2 aromatic rings. The molecular weight excluding hydrogens is 344 g/mol.